The number of hydrogen-bond donors (Lipinski definition) is 1. The molecule has 0 unspecified atom stereocenters. The minimum atomic E-state index is -0.219. The van der Waals surface area contributed by atoms with E-state index in [4.69, 9.17) is 4.42 Å². The fourth-order valence-corrected chi connectivity index (χ4v) is 3.16. The Morgan fingerprint density at radius 1 is 0.931 bits per heavy atom. The molecule has 150 valence electrons. The molecular weight excluding hydrogens is 364 g/mol. The Hall–Kier alpha value is -3.34. The highest BCUT2D eigenvalue weighted by molar-refractivity contribution is 5.95. The topological polar surface area (TPSA) is 62.6 Å². The Labute approximate surface area is 171 Å². The molecule has 0 aliphatic heterocycles. The molecule has 5 nitrogen and oxygen atoms in total. The van der Waals surface area contributed by atoms with E-state index in [0.717, 1.165) is 12.0 Å². The van der Waals surface area contributed by atoms with Crippen molar-refractivity contribution in [3.8, 4) is 0 Å². The molecule has 2 amide bonds. The lowest BCUT2D eigenvalue weighted by Crippen LogP contribution is -2.35. The Morgan fingerprint density at radius 2 is 1.59 bits per heavy atom. The van der Waals surface area contributed by atoms with Gasteiger partial charge in [-0.2, -0.15) is 0 Å². The first-order chi connectivity index (χ1) is 14.1. The second kappa shape index (κ2) is 10.3. The van der Waals surface area contributed by atoms with Gasteiger partial charge in [0, 0.05) is 26.1 Å². The molecular formula is C24H26N2O3. The first kappa shape index (κ1) is 20.4. The molecule has 0 saturated heterocycles. The summed E-state index contributed by atoms with van der Waals surface area (Å²) in [6, 6.07) is 21.7. The van der Waals surface area contributed by atoms with Crippen LogP contribution in [0.2, 0.25) is 0 Å². The molecule has 0 saturated carbocycles. The lowest BCUT2D eigenvalue weighted by atomic mass is 10.1. The van der Waals surface area contributed by atoms with E-state index in [1.165, 1.54) is 11.8 Å². The van der Waals surface area contributed by atoms with Gasteiger partial charge in [0.25, 0.3) is 5.91 Å². The van der Waals surface area contributed by atoms with Gasteiger partial charge in [-0.25, -0.2) is 0 Å². The zero-order valence-electron chi connectivity index (χ0n) is 16.6. The summed E-state index contributed by atoms with van der Waals surface area (Å²) in [5.41, 5.74) is 2.79. The molecule has 0 bridgehead atoms. The van der Waals surface area contributed by atoms with Crippen LogP contribution < -0.4 is 5.32 Å². The molecule has 0 radical (unpaired) electrons. The average Bonchev–Trinajstić information content (AvgIpc) is 3.18. The summed E-state index contributed by atoms with van der Waals surface area (Å²) in [5, 5.41) is 2.80. The maximum atomic E-state index is 12.9. The molecule has 3 aromatic rings. The van der Waals surface area contributed by atoms with Crippen LogP contribution in [0.25, 0.3) is 0 Å². The standard InChI is InChI=1S/C24H26N2O3/c1-19-22(14-17-29-19)24(28)25-15-12-23(27)26(18-21-10-6-3-7-11-21)16-13-20-8-4-2-5-9-20/h2-11,14,17H,12-13,15-16,18H2,1H3,(H,25,28). The molecule has 0 aliphatic carbocycles. The van der Waals surface area contributed by atoms with Crippen molar-refractivity contribution in [1.29, 1.82) is 0 Å². The zero-order valence-corrected chi connectivity index (χ0v) is 16.6. The molecule has 0 aliphatic rings. The van der Waals surface area contributed by atoms with E-state index in [1.807, 2.05) is 53.4 Å². The van der Waals surface area contributed by atoms with Crippen molar-refractivity contribution >= 4 is 11.8 Å². The number of carbonyl (C=O) groups excluding carboxylic acids is 2. The number of rotatable bonds is 9. The van der Waals surface area contributed by atoms with E-state index in [2.05, 4.69) is 17.4 Å². The monoisotopic (exact) mass is 390 g/mol. The van der Waals surface area contributed by atoms with Crippen LogP contribution in [0.5, 0.6) is 0 Å². The van der Waals surface area contributed by atoms with Gasteiger partial charge in [0.05, 0.1) is 11.8 Å². The lowest BCUT2D eigenvalue weighted by molar-refractivity contribution is -0.131. The summed E-state index contributed by atoms with van der Waals surface area (Å²) in [4.78, 5) is 26.9. The molecule has 1 N–H and O–H groups in total. The average molecular weight is 390 g/mol. The number of nitrogens with zero attached hydrogens (tertiary/aromatic N) is 1. The van der Waals surface area contributed by atoms with Gasteiger partial charge in [-0.05, 0) is 30.5 Å². The zero-order chi connectivity index (χ0) is 20.5. The van der Waals surface area contributed by atoms with Crippen LogP contribution in [0.15, 0.2) is 77.4 Å². The summed E-state index contributed by atoms with van der Waals surface area (Å²) in [7, 11) is 0. The van der Waals surface area contributed by atoms with Gasteiger partial charge in [-0.1, -0.05) is 60.7 Å². The van der Waals surface area contributed by atoms with Gasteiger partial charge < -0.3 is 14.6 Å². The lowest BCUT2D eigenvalue weighted by Gasteiger charge is -2.23. The molecule has 0 fully saturated rings. The maximum absolute atomic E-state index is 12.9. The second-order valence-corrected chi connectivity index (χ2v) is 6.93. The van der Waals surface area contributed by atoms with Crippen molar-refractivity contribution in [1.82, 2.24) is 10.2 Å². The predicted octanol–water partition coefficient (Wildman–Crippen LogP) is 3.98. The molecule has 1 aromatic heterocycles. The van der Waals surface area contributed by atoms with E-state index in [1.54, 1.807) is 13.0 Å². The van der Waals surface area contributed by atoms with Crippen LogP contribution in [-0.2, 0) is 17.8 Å². The quantitative estimate of drug-likeness (QED) is 0.601. The van der Waals surface area contributed by atoms with Crippen molar-refractivity contribution in [2.75, 3.05) is 13.1 Å². The summed E-state index contributed by atoms with van der Waals surface area (Å²) in [5.74, 6) is 0.374. The third kappa shape index (κ3) is 6.07. The van der Waals surface area contributed by atoms with E-state index in [9.17, 15) is 9.59 Å². The molecule has 1 heterocycles. The number of aryl methyl sites for hydroxylation is 1. The number of amides is 2. The normalized spacial score (nSPS) is 10.5. The van der Waals surface area contributed by atoms with Gasteiger partial charge >= 0.3 is 0 Å². The Balaban J connectivity index is 1.57. The first-order valence-corrected chi connectivity index (χ1v) is 9.81. The Kier molecular flexibility index (Phi) is 7.22. The van der Waals surface area contributed by atoms with Gasteiger partial charge in [0.1, 0.15) is 5.76 Å². The third-order valence-electron chi connectivity index (χ3n) is 4.81. The summed E-state index contributed by atoms with van der Waals surface area (Å²) in [6.45, 7) is 3.22. The van der Waals surface area contributed by atoms with E-state index < -0.39 is 0 Å². The van der Waals surface area contributed by atoms with Gasteiger partial charge in [0.2, 0.25) is 5.91 Å². The minimum absolute atomic E-state index is 0.0222. The Bertz CT molecular complexity index is 920. The molecule has 0 spiro atoms. The van der Waals surface area contributed by atoms with Crippen LogP contribution in [0, 0.1) is 6.92 Å². The van der Waals surface area contributed by atoms with Crippen molar-refractivity contribution in [2.24, 2.45) is 0 Å². The predicted molar refractivity (Wildman–Crippen MR) is 112 cm³/mol. The van der Waals surface area contributed by atoms with Crippen LogP contribution in [0.3, 0.4) is 0 Å². The van der Waals surface area contributed by atoms with E-state index >= 15 is 0 Å². The summed E-state index contributed by atoms with van der Waals surface area (Å²) in [6.07, 6.45) is 2.53. The third-order valence-corrected chi connectivity index (χ3v) is 4.81. The molecule has 5 heteroatoms. The molecule has 2 aromatic carbocycles. The fraction of sp³-hybridized carbons (Fsp3) is 0.250. The number of nitrogens with one attached hydrogen (secondary N) is 1. The van der Waals surface area contributed by atoms with Crippen molar-refractivity contribution in [3.05, 3.63) is 95.4 Å². The Morgan fingerprint density at radius 3 is 2.21 bits per heavy atom. The SMILES string of the molecule is Cc1occc1C(=O)NCCC(=O)N(CCc1ccccc1)Cc1ccccc1. The highest BCUT2D eigenvalue weighted by Gasteiger charge is 2.16. The largest absolute Gasteiger partial charge is 0.469 e. The van der Waals surface area contributed by atoms with Crippen molar-refractivity contribution in [2.45, 2.75) is 26.3 Å². The van der Waals surface area contributed by atoms with Gasteiger partial charge in [-0.15, -0.1) is 0 Å². The van der Waals surface area contributed by atoms with Gasteiger partial charge in [-0.3, -0.25) is 9.59 Å². The van der Waals surface area contributed by atoms with E-state index in [-0.39, 0.29) is 18.2 Å². The number of furan rings is 1. The van der Waals surface area contributed by atoms with E-state index in [0.29, 0.717) is 31.0 Å². The molecule has 29 heavy (non-hydrogen) atoms. The number of carbonyl (C=O) groups is 2. The fourth-order valence-electron chi connectivity index (χ4n) is 3.16. The number of hydrogen-bond acceptors (Lipinski definition) is 3. The smallest absolute Gasteiger partial charge is 0.254 e. The van der Waals surface area contributed by atoms with Gasteiger partial charge in [0.15, 0.2) is 0 Å². The second-order valence-electron chi connectivity index (χ2n) is 6.93. The van der Waals surface area contributed by atoms with Crippen LogP contribution in [0.1, 0.15) is 33.7 Å². The first-order valence-electron chi connectivity index (χ1n) is 9.81. The minimum Gasteiger partial charge on any atom is -0.469 e. The molecule has 3 rings (SSSR count). The highest BCUT2D eigenvalue weighted by Crippen LogP contribution is 2.10. The summed E-state index contributed by atoms with van der Waals surface area (Å²) >= 11 is 0. The number of benzene rings is 2. The molecule has 0 atom stereocenters. The van der Waals surface area contributed by atoms with Crippen LogP contribution in [-0.4, -0.2) is 29.8 Å². The maximum Gasteiger partial charge on any atom is 0.254 e. The van der Waals surface area contributed by atoms with Crippen LogP contribution in [0.4, 0.5) is 0 Å². The van der Waals surface area contributed by atoms with Crippen molar-refractivity contribution < 1.29 is 14.0 Å². The summed E-state index contributed by atoms with van der Waals surface area (Å²) < 4.78 is 5.16. The highest BCUT2D eigenvalue weighted by atomic mass is 16.3. The van der Waals surface area contributed by atoms with Crippen molar-refractivity contribution in [3.63, 3.8) is 0 Å². The van der Waals surface area contributed by atoms with Crippen LogP contribution >= 0.6 is 0 Å².